The lowest BCUT2D eigenvalue weighted by molar-refractivity contribution is 0.0628. The Hall–Kier alpha value is -2.57. The van der Waals surface area contributed by atoms with Crippen LogP contribution in [0.1, 0.15) is 42.3 Å². The Morgan fingerprint density at radius 3 is 2.30 bits per heavy atom. The minimum absolute atomic E-state index is 0.0781. The van der Waals surface area contributed by atoms with Gasteiger partial charge in [-0.25, -0.2) is 0 Å². The number of piperazine rings is 1. The summed E-state index contributed by atoms with van der Waals surface area (Å²) in [6.07, 6.45) is 0. The summed E-state index contributed by atoms with van der Waals surface area (Å²) in [6, 6.07) is 14.1. The number of rotatable bonds is 5. The van der Waals surface area contributed by atoms with Crippen molar-refractivity contribution in [2.24, 2.45) is 0 Å². The highest BCUT2D eigenvalue weighted by molar-refractivity contribution is 5.94. The van der Waals surface area contributed by atoms with Gasteiger partial charge in [-0.3, -0.25) is 9.69 Å². The topological polar surface area (TPSA) is 54.0 Å². The molecule has 6 heteroatoms. The van der Waals surface area contributed by atoms with Crippen LogP contribution in [-0.2, 0) is 13.1 Å². The van der Waals surface area contributed by atoms with Crippen molar-refractivity contribution in [2.75, 3.05) is 33.0 Å². The Morgan fingerprint density at radius 2 is 1.60 bits per heavy atom. The third-order valence-corrected chi connectivity index (χ3v) is 5.53. The van der Waals surface area contributed by atoms with Gasteiger partial charge >= 0.3 is 0 Å². The third-order valence-electron chi connectivity index (χ3n) is 5.53. The predicted octanol–water partition coefficient (Wildman–Crippen LogP) is 3.26. The number of ether oxygens (including phenoxy) is 2. The molecule has 30 heavy (non-hydrogen) atoms. The first-order chi connectivity index (χ1) is 14.4. The number of hydrogen-bond donors (Lipinski definition) is 1. The number of amides is 1. The highest BCUT2D eigenvalue weighted by atomic mass is 16.7. The van der Waals surface area contributed by atoms with Crippen molar-refractivity contribution in [3.8, 4) is 11.5 Å². The first-order valence-electron chi connectivity index (χ1n) is 10.6. The Kier molecular flexibility index (Phi) is 5.97. The lowest BCUT2D eigenvalue weighted by atomic mass is 10.1. The van der Waals surface area contributed by atoms with E-state index in [1.165, 1.54) is 11.1 Å². The molecule has 2 aliphatic rings. The van der Waals surface area contributed by atoms with Crippen LogP contribution >= 0.6 is 0 Å². The van der Waals surface area contributed by atoms with Crippen LogP contribution in [-0.4, -0.2) is 54.2 Å². The van der Waals surface area contributed by atoms with Gasteiger partial charge in [0.2, 0.25) is 6.79 Å². The van der Waals surface area contributed by atoms with Crippen molar-refractivity contribution in [1.82, 2.24) is 15.1 Å². The second kappa shape index (κ2) is 8.66. The van der Waals surface area contributed by atoms with Crippen molar-refractivity contribution in [1.29, 1.82) is 0 Å². The van der Waals surface area contributed by atoms with E-state index in [1.807, 2.05) is 35.2 Å². The highest BCUT2D eigenvalue weighted by Gasteiger charge is 2.23. The molecule has 0 bridgehead atoms. The lowest BCUT2D eigenvalue weighted by Gasteiger charge is -2.34. The van der Waals surface area contributed by atoms with Gasteiger partial charge in [0.05, 0.1) is 0 Å². The van der Waals surface area contributed by atoms with Crippen molar-refractivity contribution < 1.29 is 14.3 Å². The maximum absolute atomic E-state index is 12.9. The van der Waals surface area contributed by atoms with E-state index < -0.39 is 0 Å². The van der Waals surface area contributed by atoms with Gasteiger partial charge in [-0.15, -0.1) is 0 Å². The first-order valence-corrected chi connectivity index (χ1v) is 10.6. The fraction of sp³-hybridized carbons (Fsp3) is 0.458. The first kappa shape index (κ1) is 20.7. The van der Waals surface area contributed by atoms with Gasteiger partial charge in [0, 0.05) is 50.4 Å². The van der Waals surface area contributed by atoms with Crippen molar-refractivity contribution in [3.63, 3.8) is 0 Å². The molecule has 160 valence electrons. The van der Waals surface area contributed by atoms with E-state index in [2.05, 4.69) is 43.1 Å². The second-order valence-corrected chi connectivity index (χ2v) is 9.06. The van der Waals surface area contributed by atoms with Crippen LogP contribution < -0.4 is 14.8 Å². The van der Waals surface area contributed by atoms with Gasteiger partial charge in [0.15, 0.2) is 11.5 Å². The fourth-order valence-electron chi connectivity index (χ4n) is 3.72. The summed E-state index contributed by atoms with van der Waals surface area (Å²) in [5.41, 5.74) is 3.24. The summed E-state index contributed by atoms with van der Waals surface area (Å²) in [4.78, 5) is 17.2. The highest BCUT2D eigenvalue weighted by Crippen LogP contribution is 2.32. The number of nitrogens with zero attached hydrogens (tertiary/aromatic N) is 2. The largest absolute Gasteiger partial charge is 0.454 e. The van der Waals surface area contributed by atoms with E-state index in [9.17, 15) is 4.79 Å². The van der Waals surface area contributed by atoms with Gasteiger partial charge in [-0.1, -0.05) is 18.2 Å². The predicted molar refractivity (Wildman–Crippen MR) is 117 cm³/mol. The number of benzene rings is 2. The molecule has 6 nitrogen and oxygen atoms in total. The minimum Gasteiger partial charge on any atom is -0.454 e. The molecule has 0 unspecified atom stereocenters. The van der Waals surface area contributed by atoms with Crippen molar-refractivity contribution in [2.45, 2.75) is 39.4 Å². The standard InChI is InChI=1S/C24H31N3O3/c1-24(2,3)25-15-18-4-7-20(8-5-18)23(28)27-12-10-26(11-13-27)16-19-6-9-21-22(14-19)30-17-29-21/h4-9,14,25H,10-13,15-17H2,1-3H3. The molecule has 0 radical (unpaired) electrons. The van der Waals surface area contributed by atoms with E-state index in [4.69, 9.17) is 9.47 Å². The van der Waals surface area contributed by atoms with Gasteiger partial charge < -0.3 is 19.7 Å². The number of nitrogens with one attached hydrogen (secondary N) is 1. The van der Waals surface area contributed by atoms with Crippen LogP contribution in [0.2, 0.25) is 0 Å². The van der Waals surface area contributed by atoms with Crippen LogP contribution in [0, 0.1) is 0 Å². The molecule has 2 aromatic carbocycles. The summed E-state index contributed by atoms with van der Waals surface area (Å²) in [7, 11) is 0. The molecular weight excluding hydrogens is 378 g/mol. The third kappa shape index (κ3) is 5.12. The van der Waals surface area contributed by atoms with Gasteiger partial charge in [0.1, 0.15) is 0 Å². The fourth-order valence-corrected chi connectivity index (χ4v) is 3.72. The van der Waals surface area contributed by atoms with Crippen LogP contribution in [0.5, 0.6) is 11.5 Å². The molecule has 0 aliphatic carbocycles. The second-order valence-electron chi connectivity index (χ2n) is 9.06. The molecular formula is C24H31N3O3. The number of carbonyl (C=O) groups is 1. The summed E-state index contributed by atoms with van der Waals surface area (Å²) in [5.74, 6) is 1.75. The number of hydrogen-bond acceptors (Lipinski definition) is 5. The molecule has 2 aliphatic heterocycles. The summed E-state index contributed by atoms with van der Waals surface area (Å²) < 4.78 is 10.8. The molecule has 1 N–H and O–H groups in total. The molecule has 2 heterocycles. The molecule has 0 aromatic heterocycles. The average Bonchev–Trinajstić information content (AvgIpc) is 3.20. The Balaban J connectivity index is 1.28. The SMILES string of the molecule is CC(C)(C)NCc1ccc(C(=O)N2CCN(Cc3ccc4c(c3)OCO4)CC2)cc1. The van der Waals surface area contributed by atoms with Crippen molar-refractivity contribution >= 4 is 5.91 Å². The molecule has 0 saturated carbocycles. The zero-order valence-corrected chi connectivity index (χ0v) is 18.1. The summed E-state index contributed by atoms with van der Waals surface area (Å²) in [5, 5.41) is 3.47. The molecule has 0 atom stereocenters. The quantitative estimate of drug-likeness (QED) is 0.822. The molecule has 2 aromatic rings. The van der Waals surface area contributed by atoms with Crippen LogP contribution in [0.25, 0.3) is 0 Å². The summed E-state index contributed by atoms with van der Waals surface area (Å²) in [6.45, 7) is 11.6. The Bertz CT molecular complexity index is 882. The molecule has 4 rings (SSSR count). The van der Waals surface area contributed by atoms with E-state index >= 15 is 0 Å². The van der Waals surface area contributed by atoms with Crippen LogP contribution in [0.15, 0.2) is 42.5 Å². The molecule has 0 spiro atoms. The van der Waals surface area contributed by atoms with Crippen molar-refractivity contribution in [3.05, 3.63) is 59.2 Å². The lowest BCUT2D eigenvalue weighted by Crippen LogP contribution is -2.48. The van der Waals surface area contributed by atoms with Gasteiger partial charge in [0.25, 0.3) is 5.91 Å². The minimum atomic E-state index is 0.0781. The van der Waals surface area contributed by atoms with Gasteiger partial charge in [-0.2, -0.15) is 0 Å². The Morgan fingerprint density at radius 1 is 0.933 bits per heavy atom. The van der Waals surface area contributed by atoms with Gasteiger partial charge in [-0.05, 0) is 56.2 Å². The monoisotopic (exact) mass is 409 g/mol. The summed E-state index contributed by atoms with van der Waals surface area (Å²) >= 11 is 0. The molecule has 1 fully saturated rings. The maximum atomic E-state index is 12.9. The normalized spacial score (nSPS) is 16.7. The number of carbonyl (C=O) groups excluding carboxylic acids is 1. The Labute approximate surface area is 178 Å². The number of fused-ring (bicyclic) bond motifs is 1. The average molecular weight is 410 g/mol. The van der Waals surface area contributed by atoms with E-state index in [0.717, 1.165) is 56.3 Å². The van der Waals surface area contributed by atoms with E-state index in [1.54, 1.807) is 0 Å². The molecule has 1 saturated heterocycles. The van der Waals surface area contributed by atoms with Crippen LogP contribution in [0.3, 0.4) is 0 Å². The molecule has 1 amide bonds. The zero-order valence-electron chi connectivity index (χ0n) is 18.1. The van der Waals surface area contributed by atoms with Crippen LogP contribution in [0.4, 0.5) is 0 Å². The van der Waals surface area contributed by atoms with E-state index in [0.29, 0.717) is 6.79 Å². The van der Waals surface area contributed by atoms with E-state index in [-0.39, 0.29) is 11.4 Å². The zero-order chi connectivity index (χ0) is 21.1. The maximum Gasteiger partial charge on any atom is 0.253 e. The smallest absolute Gasteiger partial charge is 0.253 e.